The van der Waals surface area contributed by atoms with Crippen molar-refractivity contribution in [3.05, 3.63) is 59.7 Å². The first-order valence-corrected chi connectivity index (χ1v) is 10.1. The van der Waals surface area contributed by atoms with E-state index in [4.69, 9.17) is 14.6 Å². The SMILES string of the molecule is O=C(O)CCN(CC1CCCO1)C(=O)OCC1c2ccccc2-c2ccccc21. The zero-order chi connectivity index (χ0) is 20.2. The van der Waals surface area contributed by atoms with Crippen LogP contribution in [0.5, 0.6) is 0 Å². The third kappa shape index (κ3) is 4.27. The molecule has 1 aliphatic carbocycles. The number of benzene rings is 2. The van der Waals surface area contributed by atoms with Crippen molar-refractivity contribution in [2.75, 3.05) is 26.3 Å². The molecule has 2 aliphatic rings. The zero-order valence-electron chi connectivity index (χ0n) is 16.3. The molecule has 1 amide bonds. The maximum absolute atomic E-state index is 12.8. The van der Waals surface area contributed by atoms with Crippen LogP contribution in [-0.2, 0) is 14.3 Å². The molecule has 1 heterocycles. The number of aliphatic carboxylic acids is 1. The van der Waals surface area contributed by atoms with E-state index in [1.165, 1.54) is 16.0 Å². The number of rotatable bonds is 7. The second kappa shape index (κ2) is 8.66. The van der Waals surface area contributed by atoms with Gasteiger partial charge in [0.1, 0.15) is 6.61 Å². The third-order valence-electron chi connectivity index (χ3n) is 5.64. The van der Waals surface area contributed by atoms with Gasteiger partial charge in [0, 0.05) is 19.1 Å². The lowest BCUT2D eigenvalue weighted by atomic mass is 9.98. The second-order valence-corrected chi connectivity index (χ2v) is 7.53. The van der Waals surface area contributed by atoms with Crippen LogP contribution < -0.4 is 0 Å². The summed E-state index contributed by atoms with van der Waals surface area (Å²) in [5, 5.41) is 9.02. The van der Waals surface area contributed by atoms with Crippen molar-refractivity contribution in [1.82, 2.24) is 4.90 Å². The molecule has 29 heavy (non-hydrogen) atoms. The number of hydrogen-bond donors (Lipinski definition) is 1. The van der Waals surface area contributed by atoms with Crippen molar-refractivity contribution in [2.45, 2.75) is 31.3 Å². The van der Waals surface area contributed by atoms with Crippen LogP contribution in [0.4, 0.5) is 4.79 Å². The molecule has 152 valence electrons. The van der Waals surface area contributed by atoms with E-state index in [-0.39, 0.29) is 31.6 Å². The minimum absolute atomic E-state index is 0.0181. The molecule has 1 unspecified atom stereocenters. The minimum Gasteiger partial charge on any atom is -0.481 e. The average Bonchev–Trinajstić information content (AvgIpc) is 3.35. The highest BCUT2D eigenvalue weighted by Gasteiger charge is 2.30. The van der Waals surface area contributed by atoms with E-state index >= 15 is 0 Å². The highest BCUT2D eigenvalue weighted by atomic mass is 16.6. The number of ether oxygens (including phenoxy) is 2. The summed E-state index contributed by atoms with van der Waals surface area (Å²) in [6, 6.07) is 16.3. The number of carboxylic acids is 1. The number of carbonyl (C=O) groups is 2. The molecular formula is C23H25NO5. The van der Waals surface area contributed by atoms with Crippen molar-refractivity contribution in [3.8, 4) is 11.1 Å². The molecule has 0 saturated carbocycles. The van der Waals surface area contributed by atoms with Gasteiger partial charge in [0.05, 0.1) is 19.1 Å². The van der Waals surface area contributed by atoms with Crippen molar-refractivity contribution >= 4 is 12.1 Å². The van der Waals surface area contributed by atoms with E-state index < -0.39 is 12.1 Å². The van der Waals surface area contributed by atoms with Crippen molar-refractivity contribution in [2.24, 2.45) is 0 Å². The lowest BCUT2D eigenvalue weighted by molar-refractivity contribution is -0.137. The predicted molar refractivity (Wildman–Crippen MR) is 108 cm³/mol. The van der Waals surface area contributed by atoms with Gasteiger partial charge < -0.3 is 19.5 Å². The van der Waals surface area contributed by atoms with Gasteiger partial charge in [-0.05, 0) is 35.1 Å². The number of fused-ring (bicyclic) bond motifs is 3. The fraction of sp³-hybridized carbons (Fsp3) is 0.391. The molecule has 0 radical (unpaired) electrons. The largest absolute Gasteiger partial charge is 0.481 e. The smallest absolute Gasteiger partial charge is 0.409 e. The molecular weight excluding hydrogens is 370 g/mol. The number of hydrogen-bond acceptors (Lipinski definition) is 4. The summed E-state index contributed by atoms with van der Waals surface area (Å²) in [4.78, 5) is 25.2. The van der Waals surface area contributed by atoms with E-state index in [0.717, 1.165) is 24.0 Å². The van der Waals surface area contributed by atoms with Crippen LogP contribution in [0.15, 0.2) is 48.5 Å². The van der Waals surface area contributed by atoms with Crippen LogP contribution in [0.3, 0.4) is 0 Å². The molecule has 6 nitrogen and oxygen atoms in total. The normalized spacial score (nSPS) is 17.6. The number of nitrogens with zero attached hydrogens (tertiary/aromatic N) is 1. The van der Waals surface area contributed by atoms with Crippen LogP contribution in [-0.4, -0.2) is 54.5 Å². The summed E-state index contributed by atoms with van der Waals surface area (Å²) < 4.78 is 11.3. The van der Waals surface area contributed by atoms with E-state index in [2.05, 4.69) is 24.3 Å². The van der Waals surface area contributed by atoms with Crippen LogP contribution in [0.2, 0.25) is 0 Å². The molecule has 6 heteroatoms. The first-order chi connectivity index (χ1) is 14.1. The fourth-order valence-corrected chi connectivity index (χ4v) is 4.21. The van der Waals surface area contributed by atoms with Gasteiger partial charge in [-0.15, -0.1) is 0 Å². The average molecular weight is 395 g/mol. The standard InChI is InChI=1S/C23H25NO5/c25-22(26)11-12-24(14-16-6-5-13-28-16)23(27)29-15-21-19-9-3-1-7-17(19)18-8-2-4-10-20(18)21/h1-4,7-10,16,21H,5-6,11-15H2,(H,25,26). The van der Waals surface area contributed by atoms with Crippen molar-refractivity contribution in [3.63, 3.8) is 0 Å². The van der Waals surface area contributed by atoms with Gasteiger partial charge in [0.2, 0.25) is 0 Å². The van der Waals surface area contributed by atoms with Crippen LogP contribution in [0, 0.1) is 0 Å². The molecule has 1 atom stereocenters. The van der Waals surface area contributed by atoms with Crippen LogP contribution in [0.1, 0.15) is 36.3 Å². The monoisotopic (exact) mass is 395 g/mol. The summed E-state index contributed by atoms with van der Waals surface area (Å²) in [6.07, 6.45) is 1.19. The van der Waals surface area contributed by atoms with Gasteiger partial charge in [-0.1, -0.05) is 48.5 Å². The van der Waals surface area contributed by atoms with Gasteiger partial charge in [-0.2, -0.15) is 0 Å². The minimum atomic E-state index is -0.936. The van der Waals surface area contributed by atoms with Gasteiger partial charge >= 0.3 is 12.1 Å². The van der Waals surface area contributed by atoms with Gasteiger partial charge in [-0.25, -0.2) is 4.79 Å². The Morgan fingerprint density at radius 3 is 2.31 bits per heavy atom. The Hall–Kier alpha value is -2.86. The molecule has 2 aromatic carbocycles. The molecule has 0 bridgehead atoms. The van der Waals surface area contributed by atoms with E-state index in [9.17, 15) is 9.59 Å². The second-order valence-electron chi connectivity index (χ2n) is 7.53. The quantitative estimate of drug-likeness (QED) is 0.770. The predicted octanol–water partition coefficient (Wildman–Crippen LogP) is 3.89. The Kier molecular flexibility index (Phi) is 5.81. The summed E-state index contributed by atoms with van der Waals surface area (Å²) in [7, 11) is 0. The summed E-state index contributed by atoms with van der Waals surface area (Å²) in [6.45, 7) is 1.39. The molecule has 0 aromatic heterocycles. The lowest BCUT2D eigenvalue weighted by Crippen LogP contribution is -2.39. The van der Waals surface area contributed by atoms with Crippen LogP contribution in [0.25, 0.3) is 11.1 Å². The van der Waals surface area contributed by atoms with Crippen LogP contribution >= 0.6 is 0 Å². The number of carboxylic acid groups (broad SMARTS) is 1. The Bertz CT molecular complexity index is 845. The Morgan fingerprint density at radius 2 is 1.72 bits per heavy atom. The first-order valence-electron chi connectivity index (χ1n) is 10.1. The highest BCUT2D eigenvalue weighted by Crippen LogP contribution is 2.44. The molecule has 1 N–H and O–H groups in total. The summed E-state index contributed by atoms with van der Waals surface area (Å²) in [5.41, 5.74) is 4.65. The molecule has 4 rings (SSSR count). The molecule has 2 aromatic rings. The van der Waals surface area contributed by atoms with Crippen molar-refractivity contribution in [1.29, 1.82) is 0 Å². The topological polar surface area (TPSA) is 76.1 Å². The van der Waals surface area contributed by atoms with Gasteiger partial charge in [-0.3, -0.25) is 4.79 Å². The molecule has 1 fully saturated rings. The summed E-state index contributed by atoms with van der Waals surface area (Å²) in [5.74, 6) is -0.954. The van der Waals surface area contributed by atoms with E-state index in [1.54, 1.807) is 0 Å². The van der Waals surface area contributed by atoms with Gasteiger partial charge in [0.25, 0.3) is 0 Å². The maximum Gasteiger partial charge on any atom is 0.409 e. The summed E-state index contributed by atoms with van der Waals surface area (Å²) >= 11 is 0. The highest BCUT2D eigenvalue weighted by molar-refractivity contribution is 5.79. The fourth-order valence-electron chi connectivity index (χ4n) is 4.21. The Morgan fingerprint density at radius 1 is 1.07 bits per heavy atom. The maximum atomic E-state index is 12.8. The Labute approximate surface area is 170 Å². The Balaban J connectivity index is 1.46. The third-order valence-corrected chi connectivity index (χ3v) is 5.64. The number of amides is 1. The van der Waals surface area contributed by atoms with Crippen molar-refractivity contribution < 1.29 is 24.2 Å². The van der Waals surface area contributed by atoms with E-state index in [1.807, 2.05) is 24.3 Å². The van der Waals surface area contributed by atoms with E-state index in [0.29, 0.717) is 13.2 Å². The lowest BCUT2D eigenvalue weighted by Gasteiger charge is -2.25. The molecule has 1 aliphatic heterocycles. The van der Waals surface area contributed by atoms with Gasteiger partial charge in [0.15, 0.2) is 0 Å². The number of carbonyl (C=O) groups excluding carboxylic acids is 1. The first kappa shape index (κ1) is 19.5. The zero-order valence-corrected chi connectivity index (χ0v) is 16.3. The molecule has 1 saturated heterocycles. The molecule has 0 spiro atoms.